The van der Waals surface area contributed by atoms with Gasteiger partial charge in [-0.1, -0.05) is 6.07 Å². The van der Waals surface area contributed by atoms with Crippen LogP contribution in [0.2, 0.25) is 0 Å². The molecule has 0 radical (unpaired) electrons. The third-order valence-electron chi connectivity index (χ3n) is 3.54. The number of imide groups is 1. The molecule has 3 aromatic rings. The summed E-state index contributed by atoms with van der Waals surface area (Å²) >= 11 is 1.54. The highest BCUT2D eigenvalue weighted by Gasteiger charge is 2.16. The van der Waals surface area contributed by atoms with Gasteiger partial charge in [0.05, 0.1) is 38.7 Å². The van der Waals surface area contributed by atoms with Crippen LogP contribution in [0.4, 0.5) is 4.79 Å². The van der Waals surface area contributed by atoms with Crippen LogP contribution in [-0.2, 0) is 24.4 Å². The molecule has 0 atom stereocenters. The van der Waals surface area contributed by atoms with Crippen molar-refractivity contribution >= 4 is 23.3 Å². The number of rotatable bonds is 8. The summed E-state index contributed by atoms with van der Waals surface area (Å²) in [5.74, 6) is 1.06. The molecular weight excluding hydrogens is 354 g/mol. The van der Waals surface area contributed by atoms with Crippen LogP contribution in [0.1, 0.15) is 16.4 Å². The molecule has 2 N–H and O–H groups in total. The molecule has 0 fully saturated rings. The minimum atomic E-state index is -0.514. The fraction of sp³-hybridized carbons (Fsp3) is 0.222. The second-order valence-corrected chi connectivity index (χ2v) is 6.65. The quantitative estimate of drug-likeness (QED) is 0.634. The van der Waals surface area contributed by atoms with Gasteiger partial charge in [0.25, 0.3) is 0 Å². The van der Waals surface area contributed by atoms with Crippen molar-refractivity contribution in [1.82, 2.24) is 15.5 Å². The highest BCUT2D eigenvalue weighted by atomic mass is 32.1. The van der Waals surface area contributed by atoms with Crippen molar-refractivity contribution < 1.29 is 18.4 Å². The Balaban J connectivity index is 1.51. The van der Waals surface area contributed by atoms with Gasteiger partial charge in [-0.15, -0.1) is 11.3 Å². The highest BCUT2D eigenvalue weighted by molar-refractivity contribution is 7.09. The Labute approximate surface area is 154 Å². The number of thiophene rings is 1. The number of nitrogens with one attached hydrogen (secondary N) is 2. The fourth-order valence-corrected chi connectivity index (χ4v) is 3.05. The summed E-state index contributed by atoms with van der Waals surface area (Å²) in [7, 11) is 0. The van der Waals surface area contributed by atoms with Crippen molar-refractivity contribution in [3.05, 3.63) is 70.7 Å². The number of urea groups is 1. The van der Waals surface area contributed by atoms with Gasteiger partial charge < -0.3 is 14.2 Å². The molecule has 3 amide bonds. The monoisotopic (exact) mass is 373 g/mol. The molecule has 0 aliphatic carbocycles. The van der Waals surface area contributed by atoms with Gasteiger partial charge >= 0.3 is 6.03 Å². The summed E-state index contributed by atoms with van der Waals surface area (Å²) < 4.78 is 10.7. The van der Waals surface area contributed by atoms with Crippen molar-refractivity contribution in [2.24, 2.45) is 0 Å². The van der Waals surface area contributed by atoms with Gasteiger partial charge in [0.1, 0.15) is 11.5 Å². The molecule has 7 nitrogen and oxygen atoms in total. The van der Waals surface area contributed by atoms with Crippen molar-refractivity contribution in [1.29, 1.82) is 0 Å². The SMILES string of the molecule is O=C(CN(Cc1ccco1)Cc1ccco1)NC(=O)NCc1cccs1. The summed E-state index contributed by atoms with van der Waals surface area (Å²) in [5.41, 5.74) is 0. The first kappa shape index (κ1) is 18.0. The van der Waals surface area contributed by atoms with E-state index in [4.69, 9.17) is 8.83 Å². The molecule has 26 heavy (non-hydrogen) atoms. The molecule has 3 rings (SSSR count). The van der Waals surface area contributed by atoms with Crippen LogP contribution in [-0.4, -0.2) is 23.4 Å². The van der Waals surface area contributed by atoms with E-state index in [1.807, 2.05) is 34.5 Å². The second-order valence-electron chi connectivity index (χ2n) is 5.61. The lowest BCUT2D eigenvalue weighted by atomic mass is 10.3. The lowest BCUT2D eigenvalue weighted by molar-refractivity contribution is -0.121. The Bertz CT molecular complexity index is 762. The summed E-state index contributed by atoms with van der Waals surface area (Å²) in [6, 6.07) is 10.6. The summed E-state index contributed by atoms with van der Waals surface area (Å²) in [5, 5.41) is 6.94. The number of carbonyl (C=O) groups excluding carboxylic acids is 2. The molecule has 0 aromatic carbocycles. The third-order valence-corrected chi connectivity index (χ3v) is 4.42. The number of hydrogen-bond donors (Lipinski definition) is 2. The van der Waals surface area contributed by atoms with E-state index in [-0.39, 0.29) is 6.54 Å². The van der Waals surface area contributed by atoms with Crippen LogP contribution < -0.4 is 10.6 Å². The zero-order valence-corrected chi connectivity index (χ0v) is 14.8. The average molecular weight is 373 g/mol. The first-order chi connectivity index (χ1) is 12.7. The molecule has 0 spiro atoms. The van der Waals surface area contributed by atoms with E-state index in [1.54, 1.807) is 36.0 Å². The Hall–Kier alpha value is -2.84. The first-order valence-corrected chi connectivity index (χ1v) is 8.94. The Morgan fingerprint density at radius 1 is 1.00 bits per heavy atom. The van der Waals surface area contributed by atoms with E-state index in [0.29, 0.717) is 19.6 Å². The zero-order valence-electron chi connectivity index (χ0n) is 14.0. The van der Waals surface area contributed by atoms with E-state index in [2.05, 4.69) is 10.6 Å². The molecule has 0 aliphatic heterocycles. The maximum absolute atomic E-state index is 12.2. The number of nitrogens with zero attached hydrogens (tertiary/aromatic N) is 1. The predicted octanol–water partition coefficient (Wildman–Crippen LogP) is 2.96. The van der Waals surface area contributed by atoms with Gasteiger partial charge in [0.15, 0.2) is 0 Å². The largest absolute Gasteiger partial charge is 0.468 e. The molecule has 8 heteroatoms. The normalized spacial score (nSPS) is 10.8. The van der Waals surface area contributed by atoms with Crippen molar-refractivity contribution in [3.8, 4) is 0 Å². The Morgan fingerprint density at radius 2 is 1.69 bits per heavy atom. The van der Waals surface area contributed by atoms with Crippen LogP contribution in [0, 0.1) is 0 Å². The predicted molar refractivity (Wildman–Crippen MR) is 96.2 cm³/mol. The zero-order chi connectivity index (χ0) is 18.2. The third kappa shape index (κ3) is 5.61. The van der Waals surface area contributed by atoms with Gasteiger partial charge in [-0.25, -0.2) is 4.79 Å². The minimum Gasteiger partial charge on any atom is -0.468 e. The van der Waals surface area contributed by atoms with Gasteiger partial charge in [0, 0.05) is 4.88 Å². The van der Waals surface area contributed by atoms with Gasteiger partial charge in [-0.2, -0.15) is 0 Å². The van der Waals surface area contributed by atoms with Crippen LogP contribution in [0.5, 0.6) is 0 Å². The lowest BCUT2D eigenvalue weighted by Crippen LogP contribution is -2.44. The number of carbonyl (C=O) groups is 2. The van der Waals surface area contributed by atoms with E-state index in [9.17, 15) is 9.59 Å². The van der Waals surface area contributed by atoms with Crippen molar-refractivity contribution in [3.63, 3.8) is 0 Å². The molecule has 0 aliphatic rings. The molecule has 0 saturated heterocycles. The maximum atomic E-state index is 12.2. The molecule has 136 valence electrons. The molecule has 3 heterocycles. The van der Waals surface area contributed by atoms with E-state index in [1.165, 1.54) is 0 Å². The summed E-state index contributed by atoms with van der Waals surface area (Å²) in [6.07, 6.45) is 3.16. The number of amides is 3. The van der Waals surface area contributed by atoms with Crippen LogP contribution in [0.15, 0.2) is 63.1 Å². The molecule has 0 bridgehead atoms. The van der Waals surface area contributed by atoms with Gasteiger partial charge in [-0.05, 0) is 35.7 Å². The van der Waals surface area contributed by atoms with E-state index < -0.39 is 11.9 Å². The fourth-order valence-electron chi connectivity index (χ4n) is 2.41. The van der Waals surface area contributed by atoms with E-state index >= 15 is 0 Å². The average Bonchev–Trinajstić information content (AvgIpc) is 3.36. The molecule has 0 saturated carbocycles. The minimum absolute atomic E-state index is 0.0355. The lowest BCUT2D eigenvalue weighted by Gasteiger charge is -2.19. The molecular formula is C18H19N3O4S. The highest BCUT2D eigenvalue weighted by Crippen LogP contribution is 2.11. The Morgan fingerprint density at radius 3 is 2.23 bits per heavy atom. The van der Waals surface area contributed by atoms with Crippen LogP contribution in [0.25, 0.3) is 0 Å². The standard InChI is InChI=1S/C18H19N3O4S/c22-17(20-18(23)19-10-16-6-3-9-26-16)13-21(11-14-4-1-7-24-14)12-15-5-2-8-25-15/h1-9H,10-13H2,(H2,19,20,22,23). The summed E-state index contributed by atoms with van der Waals surface area (Å²) in [4.78, 5) is 26.9. The number of hydrogen-bond acceptors (Lipinski definition) is 6. The summed E-state index contributed by atoms with van der Waals surface area (Å²) in [6.45, 7) is 1.28. The smallest absolute Gasteiger partial charge is 0.321 e. The Kier molecular flexibility index (Phi) is 6.24. The number of furan rings is 2. The second kappa shape index (κ2) is 9.02. The van der Waals surface area contributed by atoms with Crippen LogP contribution >= 0.6 is 11.3 Å². The van der Waals surface area contributed by atoms with Gasteiger partial charge in [0.2, 0.25) is 5.91 Å². The van der Waals surface area contributed by atoms with Crippen molar-refractivity contribution in [2.45, 2.75) is 19.6 Å². The van der Waals surface area contributed by atoms with Crippen molar-refractivity contribution in [2.75, 3.05) is 6.54 Å². The first-order valence-electron chi connectivity index (χ1n) is 8.06. The topological polar surface area (TPSA) is 87.7 Å². The van der Waals surface area contributed by atoms with E-state index in [0.717, 1.165) is 16.4 Å². The van der Waals surface area contributed by atoms with Crippen LogP contribution in [0.3, 0.4) is 0 Å². The maximum Gasteiger partial charge on any atom is 0.321 e. The molecule has 0 unspecified atom stereocenters. The van der Waals surface area contributed by atoms with Gasteiger partial charge in [-0.3, -0.25) is 15.0 Å². The molecule has 3 aromatic heterocycles.